The highest BCUT2D eigenvalue weighted by Crippen LogP contribution is 2.28. The largest absolute Gasteiger partial charge is 0.487 e. The number of carbonyl (C=O) groups excluding carboxylic acids is 2. The molecule has 1 N–H and O–H groups in total. The molecule has 0 spiro atoms. The van der Waals surface area contributed by atoms with Gasteiger partial charge in [-0.2, -0.15) is 0 Å². The molecular formula is C20H22FN3O5. The zero-order valence-electron chi connectivity index (χ0n) is 16.2. The zero-order valence-corrected chi connectivity index (χ0v) is 16.2. The van der Waals surface area contributed by atoms with Gasteiger partial charge in [-0.3, -0.25) is 19.7 Å². The van der Waals surface area contributed by atoms with Crippen molar-refractivity contribution in [1.29, 1.82) is 0 Å². The summed E-state index contributed by atoms with van der Waals surface area (Å²) in [7, 11) is 0. The number of nitro groups is 1. The van der Waals surface area contributed by atoms with Gasteiger partial charge in [0.25, 0.3) is 5.91 Å². The molecule has 2 amide bonds. The van der Waals surface area contributed by atoms with Gasteiger partial charge in [0.1, 0.15) is 5.82 Å². The number of ether oxygens (including phenoxy) is 1. The van der Waals surface area contributed by atoms with E-state index in [4.69, 9.17) is 4.74 Å². The minimum absolute atomic E-state index is 0.0779. The number of hydrogen-bond donors (Lipinski definition) is 1. The molecule has 0 fully saturated rings. The summed E-state index contributed by atoms with van der Waals surface area (Å²) in [5.41, 5.74) is 0.499. The van der Waals surface area contributed by atoms with Crippen LogP contribution in [0.2, 0.25) is 0 Å². The molecular weight excluding hydrogens is 381 g/mol. The van der Waals surface area contributed by atoms with Crippen LogP contribution in [0.1, 0.15) is 29.8 Å². The molecule has 0 aliphatic carbocycles. The second-order valence-corrected chi connectivity index (χ2v) is 6.10. The van der Waals surface area contributed by atoms with Crippen LogP contribution in [0.3, 0.4) is 0 Å². The summed E-state index contributed by atoms with van der Waals surface area (Å²) in [5.74, 6) is -1.19. The van der Waals surface area contributed by atoms with E-state index in [0.717, 1.165) is 11.6 Å². The molecule has 0 saturated heterocycles. The number of hydrogen-bond acceptors (Lipinski definition) is 5. The lowest BCUT2D eigenvalue weighted by Crippen LogP contribution is -2.40. The van der Waals surface area contributed by atoms with Crippen molar-refractivity contribution in [1.82, 2.24) is 10.2 Å². The highest BCUT2D eigenvalue weighted by Gasteiger charge is 2.22. The second-order valence-electron chi connectivity index (χ2n) is 6.10. The molecule has 2 aromatic carbocycles. The molecule has 0 saturated carbocycles. The van der Waals surface area contributed by atoms with Gasteiger partial charge in [-0.1, -0.05) is 12.1 Å². The number of likely N-dealkylation sites (N-methyl/N-ethyl adjacent to an activating group) is 1. The lowest BCUT2D eigenvalue weighted by molar-refractivity contribution is -0.385. The van der Waals surface area contributed by atoms with E-state index in [1.807, 2.05) is 0 Å². The van der Waals surface area contributed by atoms with E-state index in [9.17, 15) is 24.1 Å². The van der Waals surface area contributed by atoms with Gasteiger partial charge in [0.05, 0.1) is 18.1 Å². The lowest BCUT2D eigenvalue weighted by Gasteiger charge is -2.20. The van der Waals surface area contributed by atoms with Crippen LogP contribution in [-0.2, 0) is 11.3 Å². The molecule has 0 aromatic heterocycles. The number of amides is 2. The summed E-state index contributed by atoms with van der Waals surface area (Å²) in [6, 6.07) is 9.64. The maximum Gasteiger partial charge on any atom is 0.311 e. The van der Waals surface area contributed by atoms with Gasteiger partial charge in [-0.15, -0.1) is 0 Å². The van der Waals surface area contributed by atoms with Gasteiger partial charge in [-0.05, 0) is 43.7 Å². The third kappa shape index (κ3) is 6.00. The molecule has 0 heterocycles. The number of nitrogens with zero attached hydrogens (tertiary/aromatic N) is 2. The van der Waals surface area contributed by atoms with Crippen LogP contribution in [0.15, 0.2) is 42.5 Å². The Hall–Kier alpha value is -3.49. The van der Waals surface area contributed by atoms with Crippen molar-refractivity contribution in [2.75, 3.05) is 19.7 Å². The molecule has 8 nitrogen and oxygen atoms in total. The standard InChI is InChI=1S/C20H22FN3O5/c1-3-23(13-19(25)22-12-14-5-8-16(21)9-6-14)20(26)15-7-10-18(29-4-2)17(11-15)24(27)28/h5-11H,3-4,12-13H2,1-2H3,(H,22,25). The highest BCUT2D eigenvalue weighted by atomic mass is 19.1. The predicted molar refractivity (Wildman–Crippen MR) is 104 cm³/mol. The molecule has 29 heavy (non-hydrogen) atoms. The molecule has 0 atom stereocenters. The van der Waals surface area contributed by atoms with E-state index < -0.39 is 16.7 Å². The Kier molecular flexibility index (Phi) is 7.64. The zero-order chi connectivity index (χ0) is 21.4. The van der Waals surface area contributed by atoms with E-state index in [1.54, 1.807) is 26.0 Å². The van der Waals surface area contributed by atoms with E-state index in [-0.39, 0.29) is 49.1 Å². The Morgan fingerprint density at radius 1 is 1.17 bits per heavy atom. The Bertz CT molecular complexity index is 886. The van der Waals surface area contributed by atoms with E-state index in [1.165, 1.54) is 29.2 Å². The number of nitro benzene ring substituents is 1. The number of benzene rings is 2. The third-order valence-electron chi connectivity index (χ3n) is 4.11. The van der Waals surface area contributed by atoms with Crippen molar-refractivity contribution in [2.45, 2.75) is 20.4 Å². The Balaban J connectivity index is 2.05. The van der Waals surface area contributed by atoms with E-state index >= 15 is 0 Å². The van der Waals surface area contributed by atoms with Gasteiger partial charge in [-0.25, -0.2) is 4.39 Å². The molecule has 0 bridgehead atoms. The van der Waals surface area contributed by atoms with Gasteiger partial charge >= 0.3 is 5.69 Å². The molecule has 2 aromatic rings. The first-order valence-corrected chi connectivity index (χ1v) is 9.07. The highest BCUT2D eigenvalue weighted by molar-refractivity contribution is 5.97. The summed E-state index contributed by atoms with van der Waals surface area (Å²) in [6.45, 7) is 3.88. The number of rotatable bonds is 9. The SMILES string of the molecule is CCOc1ccc(C(=O)N(CC)CC(=O)NCc2ccc(F)cc2)cc1[N+](=O)[O-]. The van der Waals surface area contributed by atoms with Crippen LogP contribution in [-0.4, -0.2) is 41.3 Å². The van der Waals surface area contributed by atoms with Crippen molar-refractivity contribution < 1.29 is 23.6 Å². The second kappa shape index (κ2) is 10.2. The lowest BCUT2D eigenvalue weighted by atomic mass is 10.1. The molecule has 2 rings (SSSR count). The minimum Gasteiger partial charge on any atom is -0.487 e. The van der Waals surface area contributed by atoms with Crippen molar-refractivity contribution in [3.63, 3.8) is 0 Å². The van der Waals surface area contributed by atoms with Gasteiger partial charge < -0.3 is 15.0 Å². The molecule has 0 aliphatic rings. The van der Waals surface area contributed by atoms with Gasteiger partial charge in [0, 0.05) is 24.7 Å². The summed E-state index contributed by atoms with van der Waals surface area (Å²) in [5, 5.41) is 13.9. The van der Waals surface area contributed by atoms with Crippen LogP contribution < -0.4 is 10.1 Å². The van der Waals surface area contributed by atoms with Crippen molar-refractivity contribution in [2.24, 2.45) is 0 Å². The van der Waals surface area contributed by atoms with Crippen molar-refractivity contribution in [3.05, 3.63) is 69.5 Å². The van der Waals surface area contributed by atoms with Gasteiger partial charge in [0.2, 0.25) is 5.91 Å². The predicted octanol–water partition coefficient (Wildman–Crippen LogP) is 2.91. The first-order chi connectivity index (χ1) is 13.8. The average molecular weight is 403 g/mol. The van der Waals surface area contributed by atoms with Crippen molar-refractivity contribution >= 4 is 17.5 Å². The number of carbonyl (C=O) groups is 2. The quantitative estimate of drug-likeness (QED) is 0.512. The van der Waals surface area contributed by atoms with Crippen LogP contribution in [0, 0.1) is 15.9 Å². The average Bonchev–Trinajstić information content (AvgIpc) is 2.71. The first-order valence-electron chi connectivity index (χ1n) is 9.07. The van der Waals surface area contributed by atoms with Crippen LogP contribution in [0.5, 0.6) is 5.75 Å². The summed E-state index contributed by atoms with van der Waals surface area (Å²) >= 11 is 0. The van der Waals surface area contributed by atoms with Crippen LogP contribution in [0.4, 0.5) is 10.1 Å². The Morgan fingerprint density at radius 2 is 1.86 bits per heavy atom. The number of halogens is 1. The van der Waals surface area contributed by atoms with Crippen LogP contribution >= 0.6 is 0 Å². The van der Waals surface area contributed by atoms with Gasteiger partial charge in [0.15, 0.2) is 5.75 Å². The molecule has 0 radical (unpaired) electrons. The van der Waals surface area contributed by atoms with Crippen molar-refractivity contribution in [3.8, 4) is 5.75 Å². The fraction of sp³-hybridized carbons (Fsp3) is 0.300. The maximum atomic E-state index is 12.9. The monoisotopic (exact) mass is 403 g/mol. The normalized spacial score (nSPS) is 10.3. The summed E-state index contributed by atoms with van der Waals surface area (Å²) in [6.07, 6.45) is 0. The molecule has 9 heteroatoms. The topological polar surface area (TPSA) is 102 Å². The molecule has 0 aliphatic heterocycles. The third-order valence-corrected chi connectivity index (χ3v) is 4.11. The maximum absolute atomic E-state index is 12.9. The Morgan fingerprint density at radius 3 is 2.45 bits per heavy atom. The van der Waals surface area contributed by atoms with Crippen LogP contribution in [0.25, 0.3) is 0 Å². The summed E-state index contributed by atoms with van der Waals surface area (Å²) in [4.78, 5) is 36.8. The van der Waals surface area contributed by atoms with E-state index in [0.29, 0.717) is 0 Å². The fourth-order valence-corrected chi connectivity index (χ4v) is 2.61. The molecule has 0 unspecified atom stereocenters. The first kappa shape index (κ1) is 21.8. The Labute approximate surface area is 167 Å². The fourth-order valence-electron chi connectivity index (χ4n) is 2.61. The minimum atomic E-state index is -0.618. The number of nitrogens with one attached hydrogen (secondary N) is 1. The summed E-state index contributed by atoms with van der Waals surface area (Å²) < 4.78 is 18.1. The molecule has 154 valence electrons. The van der Waals surface area contributed by atoms with E-state index in [2.05, 4.69) is 5.32 Å². The smallest absolute Gasteiger partial charge is 0.311 e.